The molecule has 0 spiro atoms. The second-order valence-electron chi connectivity index (χ2n) is 2.49. The zero-order valence-corrected chi connectivity index (χ0v) is 8.48. The number of benzene rings is 1. The van der Waals surface area contributed by atoms with E-state index < -0.39 is 0 Å². The molecule has 1 atom stereocenters. The van der Waals surface area contributed by atoms with E-state index in [0.717, 1.165) is 5.56 Å². The van der Waals surface area contributed by atoms with Gasteiger partial charge in [0.15, 0.2) is 0 Å². The monoisotopic (exact) mass is 216 g/mol. The molecule has 4 heteroatoms. The third-order valence-electron chi connectivity index (χ3n) is 1.62. The van der Waals surface area contributed by atoms with Crippen molar-refractivity contribution in [1.29, 1.82) is 5.26 Å². The summed E-state index contributed by atoms with van der Waals surface area (Å²) in [5.74, 6) is 0. The Morgan fingerprint density at radius 2 is 2.08 bits per heavy atom. The second-order valence-corrected chi connectivity index (χ2v) is 2.90. The third-order valence-corrected chi connectivity index (χ3v) is 1.96. The lowest BCUT2D eigenvalue weighted by atomic mass is 10.1. The molecule has 2 N–H and O–H groups in total. The van der Waals surface area contributed by atoms with Gasteiger partial charge in [0.25, 0.3) is 0 Å². The minimum atomic E-state index is -0.274. The quantitative estimate of drug-likeness (QED) is 0.827. The van der Waals surface area contributed by atoms with Crippen LogP contribution in [0.25, 0.3) is 0 Å². The first-order chi connectivity index (χ1) is 5.75. The van der Waals surface area contributed by atoms with E-state index in [4.69, 9.17) is 22.6 Å². The predicted molar refractivity (Wildman–Crippen MR) is 55.9 cm³/mol. The Balaban J connectivity index is 0.00000144. The van der Waals surface area contributed by atoms with E-state index in [1.165, 1.54) is 0 Å². The SMILES string of the molecule is Cl.N#CC[C@H](N)c1ccccc1Cl. The van der Waals surface area contributed by atoms with Gasteiger partial charge in [-0.15, -0.1) is 12.4 Å². The maximum absolute atomic E-state index is 8.42. The first-order valence-electron chi connectivity index (χ1n) is 3.62. The highest BCUT2D eigenvalue weighted by Crippen LogP contribution is 2.22. The van der Waals surface area contributed by atoms with E-state index >= 15 is 0 Å². The Hall–Kier alpha value is -0.750. The molecule has 1 aromatic carbocycles. The predicted octanol–water partition coefficient (Wildman–Crippen LogP) is 2.68. The molecule has 1 rings (SSSR count). The van der Waals surface area contributed by atoms with Crippen LogP contribution in [-0.4, -0.2) is 0 Å². The minimum Gasteiger partial charge on any atom is -0.323 e. The van der Waals surface area contributed by atoms with Crippen LogP contribution in [0.2, 0.25) is 5.02 Å². The highest BCUT2D eigenvalue weighted by molar-refractivity contribution is 6.31. The molecular formula is C9H10Cl2N2. The van der Waals surface area contributed by atoms with Crippen molar-refractivity contribution in [3.05, 3.63) is 34.9 Å². The van der Waals surface area contributed by atoms with Crippen LogP contribution in [0.15, 0.2) is 24.3 Å². The van der Waals surface area contributed by atoms with Crippen molar-refractivity contribution in [2.24, 2.45) is 5.73 Å². The largest absolute Gasteiger partial charge is 0.323 e. The van der Waals surface area contributed by atoms with Crippen LogP contribution in [0, 0.1) is 11.3 Å². The zero-order valence-electron chi connectivity index (χ0n) is 6.90. The molecule has 0 radical (unpaired) electrons. The van der Waals surface area contributed by atoms with Gasteiger partial charge in [0.05, 0.1) is 12.5 Å². The fourth-order valence-corrected chi connectivity index (χ4v) is 1.26. The highest BCUT2D eigenvalue weighted by Gasteiger charge is 2.07. The Bertz CT molecular complexity index is 307. The molecule has 0 amide bonds. The molecule has 0 heterocycles. The van der Waals surface area contributed by atoms with Crippen molar-refractivity contribution in [2.45, 2.75) is 12.5 Å². The average molecular weight is 217 g/mol. The van der Waals surface area contributed by atoms with E-state index in [-0.39, 0.29) is 18.4 Å². The van der Waals surface area contributed by atoms with Crippen molar-refractivity contribution in [2.75, 3.05) is 0 Å². The molecule has 1 aromatic rings. The van der Waals surface area contributed by atoms with Gasteiger partial charge in [0, 0.05) is 11.1 Å². The number of nitriles is 1. The summed E-state index contributed by atoms with van der Waals surface area (Å²) in [5.41, 5.74) is 6.53. The number of rotatable bonds is 2. The molecule has 0 aliphatic carbocycles. The van der Waals surface area contributed by atoms with Crippen LogP contribution in [0.1, 0.15) is 18.0 Å². The molecule has 2 nitrogen and oxygen atoms in total. The van der Waals surface area contributed by atoms with Gasteiger partial charge in [-0.3, -0.25) is 0 Å². The maximum Gasteiger partial charge on any atom is 0.0641 e. The summed E-state index contributed by atoms with van der Waals surface area (Å²) < 4.78 is 0. The Labute approximate surface area is 88.7 Å². The van der Waals surface area contributed by atoms with E-state index in [0.29, 0.717) is 11.4 Å². The summed E-state index contributed by atoms with van der Waals surface area (Å²) in [7, 11) is 0. The standard InChI is InChI=1S/C9H9ClN2.ClH/c10-8-4-2-1-3-7(8)9(12)5-6-11;/h1-4,9H,5,12H2;1H/t9-;/m0./s1. The molecular weight excluding hydrogens is 207 g/mol. The van der Waals surface area contributed by atoms with Crippen molar-refractivity contribution < 1.29 is 0 Å². The molecule has 0 saturated heterocycles. The van der Waals surface area contributed by atoms with Gasteiger partial charge < -0.3 is 5.73 Å². The van der Waals surface area contributed by atoms with Crippen molar-refractivity contribution in [3.8, 4) is 6.07 Å². The third kappa shape index (κ3) is 3.23. The minimum absolute atomic E-state index is 0. The molecule has 0 saturated carbocycles. The number of nitrogens with two attached hydrogens (primary N) is 1. The van der Waals surface area contributed by atoms with Gasteiger partial charge in [-0.2, -0.15) is 5.26 Å². The van der Waals surface area contributed by atoms with Crippen molar-refractivity contribution >= 4 is 24.0 Å². The molecule has 0 aliphatic rings. The van der Waals surface area contributed by atoms with Crippen molar-refractivity contribution in [3.63, 3.8) is 0 Å². The lowest BCUT2D eigenvalue weighted by Gasteiger charge is -2.08. The van der Waals surface area contributed by atoms with Gasteiger partial charge in [0.2, 0.25) is 0 Å². The lowest BCUT2D eigenvalue weighted by Crippen LogP contribution is -2.09. The average Bonchev–Trinajstić information content (AvgIpc) is 2.05. The summed E-state index contributed by atoms with van der Waals surface area (Å²) in [6.07, 6.45) is 0.295. The zero-order chi connectivity index (χ0) is 8.97. The number of nitrogens with zero attached hydrogens (tertiary/aromatic N) is 1. The Morgan fingerprint density at radius 1 is 1.46 bits per heavy atom. The van der Waals surface area contributed by atoms with E-state index in [9.17, 15) is 0 Å². The van der Waals surface area contributed by atoms with Gasteiger partial charge in [-0.05, 0) is 11.6 Å². The second kappa shape index (κ2) is 5.82. The van der Waals surface area contributed by atoms with Crippen LogP contribution in [-0.2, 0) is 0 Å². The fourth-order valence-electron chi connectivity index (χ4n) is 0.984. The van der Waals surface area contributed by atoms with E-state index in [1.807, 2.05) is 24.3 Å². The lowest BCUT2D eigenvalue weighted by molar-refractivity contribution is 0.749. The normalized spacial score (nSPS) is 11.2. The molecule has 0 fully saturated rings. The van der Waals surface area contributed by atoms with Crippen LogP contribution in [0.5, 0.6) is 0 Å². The van der Waals surface area contributed by atoms with Crippen LogP contribution in [0.4, 0.5) is 0 Å². The van der Waals surface area contributed by atoms with Gasteiger partial charge in [-0.25, -0.2) is 0 Å². The highest BCUT2D eigenvalue weighted by atomic mass is 35.5. The van der Waals surface area contributed by atoms with Crippen LogP contribution < -0.4 is 5.73 Å². The van der Waals surface area contributed by atoms with Crippen molar-refractivity contribution in [1.82, 2.24) is 0 Å². The fraction of sp³-hybridized carbons (Fsp3) is 0.222. The summed E-state index contributed by atoms with van der Waals surface area (Å²) in [5, 5.41) is 9.04. The number of halogens is 2. The first-order valence-corrected chi connectivity index (χ1v) is 4.00. The molecule has 0 bridgehead atoms. The van der Waals surface area contributed by atoms with Crippen LogP contribution in [0.3, 0.4) is 0 Å². The summed E-state index contributed by atoms with van der Waals surface area (Å²) in [6, 6.07) is 9.04. The summed E-state index contributed by atoms with van der Waals surface area (Å²) in [6.45, 7) is 0. The number of hydrogen-bond acceptors (Lipinski definition) is 2. The Morgan fingerprint density at radius 3 is 2.62 bits per heavy atom. The smallest absolute Gasteiger partial charge is 0.0641 e. The molecule has 13 heavy (non-hydrogen) atoms. The number of hydrogen-bond donors (Lipinski definition) is 1. The Kier molecular flexibility index (Phi) is 5.48. The van der Waals surface area contributed by atoms with E-state index in [2.05, 4.69) is 0 Å². The molecule has 70 valence electrons. The molecule has 0 aromatic heterocycles. The van der Waals surface area contributed by atoms with Gasteiger partial charge in [-0.1, -0.05) is 29.8 Å². The summed E-state index contributed by atoms with van der Waals surface area (Å²) >= 11 is 5.87. The van der Waals surface area contributed by atoms with Crippen LogP contribution >= 0.6 is 24.0 Å². The van der Waals surface area contributed by atoms with Gasteiger partial charge >= 0.3 is 0 Å². The summed E-state index contributed by atoms with van der Waals surface area (Å²) in [4.78, 5) is 0. The first kappa shape index (κ1) is 12.2. The van der Waals surface area contributed by atoms with Gasteiger partial charge in [0.1, 0.15) is 0 Å². The van der Waals surface area contributed by atoms with E-state index in [1.54, 1.807) is 6.07 Å². The maximum atomic E-state index is 8.42. The topological polar surface area (TPSA) is 49.8 Å². The molecule has 0 aliphatic heterocycles. The molecule has 0 unspecified atom stereocenters.